The van der Waals surface area contributed by atoms with Gasteiger partial charge in [0.05, 0.1) is 12.2 Å². The van der Waals surface area contributed by atoms with E-state index in [4.69, 9.17) is 4.74 Å². The van der Waals surface area contributed by atoms with E-state index in [1.54, 1.807) is 0 Å². The van der Waals surface area contributed by atoms with Crippen molar-refractivity contribution >= 4 is 11.5 Å². The molecule has 1 aromatic carbocycles. The summed E-state index contributed by atoms with van der Waals surface area (Å²) in [6.45, 7) is 6.57. The molecule has 128 valence electrons. The number of unbranched alkanes of at least 4 members (excludes halogenated alkanes) is 9. The summed E-state index contributed by atoms with van der Waals surface area (Å²) in [5.74, 6) is -0.299. The van der Waals surface area contributed by atoms with E-state index >= 15 is 0 Å². The van der Waals surface area contributed by atoms with Gasteiger partial charge in [0.15, 0.2) is 0 Å². The topological polar surface area (TPSA) is 26.3 Å². The number of ether oxygens (including phenoxy) is 1. The molecule has 0 radical (unpaired) electrons. The Hall–Kier alpha value is -1.57. The molecule has 0 aliphatic carbocycles. The van der Waals surface area contributed by atoms with Crippen LogP contribution in [0.3, 0.4) is 0 Å². The van der Waals surface area contributed by atoms with Gasteiger partial charge in [-0.25, -0.2) is 4.79 Å². The average Bonchev–Trinajstić information content (AvgIpc) is 2.59. The fraction of sp³-hybridized carbons (Fsp3) is 0.571. The second-order valence-corrected chi connectivity index (χ2v) is 6.16. The fourth-order valence-electron chi connectivity index (χ4n) is 2.60. The van der Waals surface area contributed by atoms with E-state index in [2.05, 4.69) is 13.5 Å². The van der Waals surface area contributed by atoms with Gasteiger partial charge in [0.25, 0.3) is 0 Å². The van der Waals surface area contributed by atoms with Gasteiger partial charge in [-0.15, -0.1) is 0 Å². The number of carbonyl (C=O) groups is 1. The molecule has 0 saturated carbocycles. The SMILES string of the molecule is C=C(C(=O)OCCCCCCCCCCCC)c1ccccc1. The van der Waals surface area contributed by atoms with E-state index in [0.717, 1.165) is 18.4 Å². The van der Waals surface area contributed by atoms with Crippen molar-refractivity contribution in [3.8, 4) is 0 Å². The second-order valence-electron chi connectivity index (χ2n) is 6.16. The van der Waals surface area contributed by atoms with Crippen LogP contribution < -0.4 is 0 Å². The molecule has 0 aliphatic rings. The summed E-state index contributed by atoms with van der Waals surface area (Å²) in [4.78, 5) is 11.9. The molecular formula is C21H32O2. The van der Waals surface area contributed by atoms with Crippen molar-refractivity contribution in [3.05, 3.63) is 42.5 Å². The minimum Gasteiger partial charge on any atom is -0.462 e. The molecule has 2 nitrogen and oxygen atoms in total. The summed E-state index contributed by atoms with van der Waals surface area (Å²) < 4.78 is 5.29. The zero-order valence-corrected chi connectivity index (χ0v) is 14.7. The Labute approximate surface area is 141 Å². The van der Waals surface area contributed by atoms with Crippen molar-refractivity contribution in [1.82, 2.24) is 0 Å². The first-order chi connectivity index (χ1) is 11.3. The summed E-state index contributed by atoms with van der Waals surface area (Å²) in [5, 5.41) is 0. The monoisotopic (exact) mass is 316 g/mol. The zero-order chi connectivity index (χ0) is 16.8. The molecule has 1 aromatic rings. The lowest BCUT2D eigenvalue weighted by Crippen LogP contribution is -2.07. The minimum atomic E-state index is -0.299. The Kier molecular flexibility index (Phi) is 10.9. The van der Waals surface area contributed by atoms with E-state index < -0.39 is 0 Å². The van der Waals surface area contributed by atoms with Crippen LogP contribution in [-0.4, -0.2) is 12.6 Å². The second kappa shape index (κ2) is 12.9. The lowest BCUT2D eigenvalue weighted by Gasteiger charge is -2.07. The number of rotatable bonds is 13. The van der Waals surface area contributed by atoms with Crippen LogP contribution in [0.25, 0.3) is 5.57 Å². The molecule has 0 spiro atoms. The van der Waals surface area contributed by atoms with Crippen molar-refractivity contribution in [3.63, 3.8) is 0 Å². The Morgan fingerprint density at radius 3 is 1.96 bits per heavy atom. The summed E-state index contributed by atoms with van der Waals surface area (Å²) in [5.41, 5.74) is 1.28. The summed E-state index contributed by atoms with van der Waals surface area (Å²) >= 11 is 0. The van der Waals surface area contributed by atoms with E-state index in [0.29, 0.717) is 12.2 Å². The van der Waals surface area contributed by atoms with Gasteiger partial charge in [0.1, 0.15) is 0 Å². The van der Waals surface area contributed by atoms with Gasteiger partial charge in [-0.2, -0.15) is 0 Å². The molecule has 0 fully saturated rings. The van der Waals surface area contributed by atoms with Crippen LogP contribution >= 0.6 is 0 Å². The van der Waals surface area contributed by atoms with E-state index in [-0.39, 0.29) is 5.97 Å². The number of hydrogen-bond acceptors (Lipinski definition) is 2. The van der Waals surface area contributed by atoms with E-state index in [9.17, 15) is 4.79 Å². The molecule has 23 heavy (non-hydrogen) atoms. The maximum atomic E-state index is 11.9. The van der Waals surface area contributed by atoms with Crippen LogP contribution in [0.4, 0.5) is 0 Å². The van der Waals surface area contributed by atoms with E-state index in [1.165, 1.54) is 51.4 Å². The van der Waals surface area contributed by atoms with Crippen LogP contribution in [0, 0.1) is 0 Å². The number of esters is 1. The maximum absolute atomic E-state index is 11.9. The van der Waals surface area contributed by atoms with Crippen LogP contribution in [0.1, 0.15) is 76.7 Å². The Morgan fingerprint density at radius 2 is 1.39 bits per heavy atom. The van der Waals surface area contributed by atoms with Crippen molar-refractivity contribution < 1.29 is 9.53 Å². The first-order valence-corrected chi connectivity index (χ1v) is 9.17. The van der Waals surface area contributed by atoms with E-state index in [1.807, 2.05) is 30.3 Å². The molecule has 0 unspecified atom stereocenters. The van der Waals surface area contributed by atoms with Gasteiger partial charge >= 0.3 is 5.97 Å². The van der Waals surface area contributed by atoms with Gasteiger partial charge < -0.3 is 4.74 Å². The quantitative estimate of drug-likeness (QED) is 0.247. The van der Waals surface area contributed by atoms with Gasteiger partial charge in [-0.1, -0.05) is 102 Å². The number of carbonyl (C=O) groups excluding carboxylic acids is 1. The van der Waals surface area contributed by atoms with Crippen molar-refractivity contribution in [2.45, 2.75) is 71.1 Å². The van der Waals surface area contributed by atoms with Gasteiger partial charge in [-0.05, 0) is 12.0 Å². The van der Waals surface area contributed by atoms with Crippen LogP contribution in [0.2, 0.25) is 0 Å². The summed E-state index contributed by atoms with van der Waals surface area (Å²) in [7, 11) is 0. The largest absolute Gasteiger partial charge is 0.462 e. The summed E-state index contributed by atoms with van der Waals surface area (Å²) in [6.07, 6.45) is 12.8. The highest BCUT2D eigenvalue weighted by Gasteiger charge is 2.09. The Morgan fingerprint density at radius 1 is 0.870 bits per heavy atom. The van der Waals surface area contributed by atoms with Crippen molar-refractivity contribution in [2.24, 2.45) is 0 Å². The molecule has 0 heterocycles. The molecular weight excluding hydrogens is 284 g/mol. The Balaban J connectivity index is 1.96. The average molecular weight is 316 g/mol. The fourth-order valence-corrected chi connectivity index (χ4v) is 2.60. The normalized spacial score (nSPS) is 10.5. The molecule has 0 bridgehead atoms. The molecule has 0 N–H and O–H groups in total. The van der Waals surface area contributed by atoms with Gasteiger partial charge in [0, 0.05) is 0 Å². The van der Waals surface area contributed by atoms with Crippen LogP contribution in [0.15, 0.2) is 36.9 Å². The third kappa shape index (κ3) is 9.22. The number of hydrogen-bond donors (Lipinski definition) is 0. The zero-order valence-electron chi connectivity index (χ0n) is 14.7. The molecule has 0 aliphatic heterocycles. The molecule has 1 rings (SSSR count). The van der Waals surface area contributed by atoms with Gasteiger partial charge in [0.2, 0.25) is 0 Å². The summed E-state index contributed by atoms with van der Waals surface area (Å²) in [6, 6.07) is 9.48. The van der Waals surface area contributed by atoms with Crippen LogP contribution in [0.5, 0.6) is 0 Å². The van der Waals surface area contributed by atoms with Crippen molar-refractivity contribution in [2.75, 3.05) is 6.61 Å². The van der Waals surface area contributed by atoms with Gasteiger partial charge in [-0.3, -0.25) is 0 Å². The molecule has 0 amide bonds. The smallest absolute Gasteiger partial charge is 0.338 e. The third-order valence-electron chi connectivity index (χ3n) is 4.10. The minimum absolute atomic E-state index is 0.299. The lowest BCUT2D eigenvalue weighted by molar-refractivity contribution is -0.136. The Bertz CT molecular complexity index is 436. The predicted octanol–water partition coefficient (Wildman–Crippen LogP) is 6.16. The lowest BCUT2D eigenvalue weighted by atomic mass is 10.1. The first kappa shape index (κ1) is 19.5. The van der Waals surface area contributed by atoms with Crippen molar-refractivity contribution in [1.29, 1.82) is 0 Å². The number of benzene rings is 1. The highest BCUT2D eigenvalue weighted by Crippen LogP contribution is 2.14. The molecule has 0 atom stereocenters. The molecule has 0 aromatic heterocycles. The first-order valence-electron chi connectivity index (χ1n) is 9.17. The predicted molar refractivity (Wildman–Crippen MR) is 98.3 cm³/mol. The standard InChI is InChI=1S/C21H32O2/c1-3-4-5-6-7-8-9-10-11-15-18-23-21(22)19(2)20-16-13-12-14-17-20/h12-14,16-17H,2-11,15,18H2,1H3. The third-order valence-corrected chi connectivity index (χ3v) is 4.10. The maximum Gasteiger partial charge on any atom is 0.338 e. The van der Waals surface area contributed by atoms with Crippen LogP contribution in [-0.2, 0) is 9.53 Å². The highest BCUT2D eigenvalue weighted by atomic mass is 16.5. The highest BCUT2D eigenvalue weighted by molar-refractivity contribution is 6.15. The molecule has 0 saturated heterocycles. The molecule has 2 heteroatoms.